The molecule has 2 aromatic rings. The van der Waals surface area contributed by atoms with Crippen LogP contribution in [0.2, 0.25) is 0 Å². The number of aryl methyl sites for hydroxylation is 1. The van der Waals surface area contributed by atoms with Crippen LogP contribution in [-0.2, 0) is 0 Å². The maximum absolute atomic E-state index is 11.8. The number of rotatable bonds is 5. The van der Waals surface area contributed by atoms with Crippen molar-refractivity contribution in [3.05, 3.63) is 59.4 Å². The van der Waals surface area contributed by atoms with Crippen LogP contribution < -0.4 is 10.2 Å². The maximum Gasteiger partial charge on any atom is 0.272 e. The summed E-state index contributed by atoms with van der Waals surface area (Å²) >= 11 is 0. The van der Waals surface area contributed by atoms with Crippen LogP contribution in [0.4, 0.5) is 0 Å². The fourth-order valence-corrected chi connectivity index (χ4v) is 1.65. The Bertz CT molecular complexity index is 619. The minimum atomic E-state index is -0.287. The SMILES string of the molecule is CCOc1ccc(C=NNC(=O)c2ccc(C)nc2)cc1. The number of hydrogen-bond donors (Lipinski definition) is 1. The summed E-state index contributed by atoms with van der Waals surface area (Å²) in [5.74, 6) is 0.522. The van der Waals surface area contributed by atoms with Crippen LogP contribution in [0.25, 0.3) is 0 Å². The molecule has 2 rings (SSSR count). The standard InChI is InChI=1S/C16H17N3O2/c1-3-21-15-8-5-13(6-9-15)10-18-19-16(20)14-7-4-12(2)17-11-14/h4-11H,3H2,1-2H3,(H,19,20). The Kier molecular flexibility index (Phi) is 5.04. The number of ether oxygens (including phenoxy) is 1. The van der Waals surface area contributed by atoms with Crippen molar-refractivity contribution in [3.8, 4) is 5.75 Å². The number of hydrazone groups is 1. The number of carbonyl (C=O) groups excluding carboxylic acids is 1. The predicted octanol–water partition coefficient (Wildman–Crippen LogP) is 2.55. The molecule has 1 amide bonds. The van der Waals surface area contributed by atoms with Crippen molar-refractivity contribution >= 4 is 12.1 Å². The minimum absolute atomic E-state index is 0.287. The van der Waals surface area contributed by atoms with Gasteiger partial charge in [-0.15, -0.1) is 0 Å². The summed E-state index contributed by atoms with van der Waals surface area (Å²) in [5.41, 5.74) is 4.68. The average Bonchev–Trinajstić information content (AvgIpc) is 2.50. The van der Waals surface area contributed by atoms with E-state index >= 15 is 0 Å². The van der Waals surface area contributed by atoms with Crippen molar-refractivity contribution in [2.45, 2.75) is 13.8 Å². The molecular formula is C16H17N3O2. The van der Waals surface area contributed by atoms with Crippen LogP contribution in [0, 0.1) is 6.92 Å². The highest BCUT2D eigenvalue weighted by atomic mass is 16.5. The molecule has 0 aliphatic carbocycles. The van der Waals surface area contributed by atoms with Gasteiger partial charge in [0.2, 0.25) is 0 Å². The number of nitrogens with zero attached hydrogens (tertiary/aromatic N) is 2. The van der Waals surface area contributed by atoms with Crippen molar-refractivity contribution in [3.63, 3.8) is 0 Å². The molecule has 21 heavy (non-hydrogen) atoms. The van der Waals surface area contributed by atoms with Crippen molar-refractivity contribution in [1.82, 2.24) is 10.4 Å². The molecule has 0 bridgehead atoms. The third-order valence-electron chi connectivity index (χ3n) is 2.74. The molecule has 0 fully saturated rings. The lowest BCUT2D eigenvalue weighted by molar-refractivity contribution is 0.0955. The van der Waals surface area contributed by atoms with E-state index in [1.54, 1.807) is 18.3 Å². The fraction of sp³-hybridized carbons (Fsp3) is 0.188. The molecule has 0 radical (unpaired) electrons. The van der Waals surface area contributed by atoms with Gasteiger partial charge in [-0.1, -0.05) is 0 Å². The maximum atomic E-state index is 11.8. The first-order valence-corrected chi connectivity index (χ1v) is 6.68. The Hall–Kier alpha value is -2.69. The number of nitrogens with one attached hydrogen (secondary N) is 1. The third kappa shape index (κ3) is 4.42. The molecule has 1 aromatic carbocycles. The van der Waals surface area contributed by atoms with Gasteiger partial charge in [-0.05, 0) is 55.8 Å². The van der Waals surface area contributed by atoms with Gasteiger partial charge in [-0.25, -0.2) is 5.43 Å². The Morgan fingerprint density at radius 1 is 1.29 bits per heavy atom. The summed E-state index contributed by atoms with van der Waals surface area (Å²) in [5, 5.41) is 3.92. The third-order valence-corrected chi connectivity index (χ3v) is 2.74. The summed E-state index contributed by atoms with van der Waals surface area (Å²) in [6.45, 7) is 4.44. The molecule has 1 aromatic heterocycles. The van der Waals surface area contributed by atoms with Crippen molar-refractivity contribution in [1.29, 1.82) is 0 Å². The molecule has 1 N–H and O–H groups in total. The minimum Gasteiger partial charge on any atom is -0.494 e. The second-order valence-electron chi connectivity index (χ2n) is 4.39. The predicted molar refractivity (Wildman–Crippen MR) is 81.6 cm³/mol. The zero-order valence-electron chi connectivity index (χ0n) is 12.0. The van der Waals surface area contributed by atoms with E-state index in [4.69, 9.17) is 4.74 Å². The highest BCUT2D eigenvalue weighted by Crippen LogP contribution is 2.10. The molecule has 108 valence electrons. The molecular weight excluding hydrogens is 266 g/mol. The van der Waals surface area contributed by atoms with Crippen molar-refractivity contribution < 1.29 is 9.53 Å². The zero-order chi connectivity index (χ0) is 15.1. The van der Waals surface area contributed by atoms with Gasteiger partial charge >= 0.3 is 0 Å². The molecule has 0 saturated carbocycles. The molecule has 1 heterocycles. The Labute approximate surface area is 123 Å². The number of aromatic nitrogens is 1. The van der Waals surface area contributed by atoms with Crippen LogP contribution in [0.1, 0.15) is 28.5 Å². The van der Waals surface area contributed by atoms with E-state index < -0.39 is 0 Å². The largest absolute Gasteiger partial charge is 0.494 e. The number of amides is 1. The molecule has 0 spiro atoms. The molecule has 5 nitrogen and oxygen atoms in total. The van der Waals surface area contributed by atoms with Gasteiger partial charge in [-0.2, -0.15) is 5.10 Å². The Morgan fingerprint density at radius 2 is 2.05 bits per heavy atom. The topological polar surface area (TPSA) is 63.6 Å². The first-order chi connectivity index (χ1) is 10.2. The number of hydrogen-bond acceptors (Lipinski definition) is 4. The van der Waals surface area contributed by atoms with Gasteiger partial charge in [0.25, 0.3) is 5.91 Å². The lowest BCUT2D eigenvalue weighted by Crippen LogP contribution is -2.17. The van der Waals surface area contributed by atoms with E-state index in [1.165, 1.54) is 6.20 Å². The fourth-order valence-electron chi connectivity index (χ4n) is 1.65. The summed E-state index contributed by atoms with van der Waals surface area (Å²) in [6, 6.07) is 10.9. The van der Waals surface area contributed by atoms with Gasteiger partial charge in [0.15, 0.2) is 0 Å². The molecule has 0 aliphatic heterocycles. The monoisotopic (exact) mass is 283 g/mol. The molecule has 0 saturated heterocycles. The summed E-state index contributed by atoms with van der Waals surface area (Å²) in [7, 11) is 0. The number of carbonyl (C=O) groups is 1. The summed E-state index contributed by atoms with van der Waals surface area (Å²) < 4.78 is 5.35. The molecule has 0 aliphatic rings. The van der Waals surface area contributed by atoms with Crippen LogP contribution in [0.15, 0.2) is 47.7 Å². The lowest BCUT2D eigenvalue weighted by atomic mass is 10.2. The van der Waals surface area contributed by atoms with Crippen LogP contribution in [0.5, 0.6) is 5.75 Å². The van der Waals surface area contributed by atoms with Crippen LogP contribution in [-0.4, -0.2) is 23.7 Å². The van der Waals surface area contributed by atoms with E-state index in [9.17, 15) is 4.79 Å². The normalized spacial score (nSPS) is 10.6. The average molecular weight is 283 g/mol. The Morgan fingerprint density at radius 3 is 2.67 bits per heavy atom. The Balaban J connectivity index is 1.92. The molecule has 5 heteroatoms. The van der Waals surface area contributed by atoms with Gasteiger partial charge < -0.3 is 4.74 Å². The molecule has 0 atom stereocenters. The quantitative estimate of drug-likeness (QED) is 0.677. The van der Waals surface area contributed by atoms with E-state index in [-0.39, 0.29) is 5.91 Å². The highest BCUT2D eigenvalue weighted by Gasteiger charge is 2.03. The van der Waals surface area contributed by atoms with E-state index in [0.717, 1.165) is 17.0 Å². The number of pyridine rings is 1. The van der Waals surface area contributed by atoms with Gasteiger partial charge in [-0.3, -0.25) is 9.78 Å². The van der Waals surface area contributed by atoms with Crippen LogP contribution in [0.3, 0.4) is 0 Å². The van der Waals surface area contributed by atoms with E-state index in [1.807, 2.05) is 38.1 Å². The second kappa shape index (κ2) is 7.19. The summed E-state index contributed by atoms with van der Waals surface area (Å²) in [4.78, 5) is 15.9. The van der Waals surface area contributed by atoms with E-state index in [2.05, 4.69) is 15.5 Å². The van der Waals surface area contributed by atoms with Gasteiger partial charge in [0.1, 0.15) is 5.75 Å². The van der Waals surface area contributed by atoms with Gasteiger partial charge in [0, 0.05) is 11.9 Å². The second-order valence-corrected chi connectivity index (χ2v) is 4.39. The smallest absolute Gasteiger partial charge is 0.272 e. The molecule has 0 unspecified atom stereocenters. The first-order valence-electron chi connectivity index (χ1n) is 6.68. The number of benzene rings is 1. The van der Waals surface area contributed by atoms with E-state index in [0.29, 0.717) is 12.2 Å². The van der Waals surface area contributed by atoms with Crippen LogP contribution >= 0.6 is 0 Å². The zero-order valence-corrected chi connectivity index (χ0v) is 12.0. The van der Waals surface area contributed by atoms with Gasteiger partial charge in [0.05, 0.1) is 18.4 Å². The lowest BCUT2D eigenvalue weighted by Gasteiger charge is -2.02. The summed E-state index contributed by atoms with van der Waals surface area (Å²) in [6.07, 6.45) is 3.10. The van der Waals surface area contributed by atoms with Crippen molar-refractivity contribution in [2.24, 2.45) is 5.10 Å². The first kappa shape index (κ1) is 14.7. The highest BCUT2D eigenvalue weighted by molar-refractivity contribution is 5.94. The van der Waals surface area contributed by atoms with Crippen molar-refractivity contribution in [2.75, 3.05) is 6.61 Å².